The number of hydroxylamine groups is 2. The largest absolute Gasteiger partial charge is 0.283 e. The van der Waals surface area contributed by atoms with Gasteiger partial charge in [0.25, 0.3) is 0 Å². The van der Waals surface area contributed by atoms with Crippen LogP contribution in [0, 0.1) is 4.91 Å². The summed E-state index contributed by atoms with van der Waals surface area (Å²) in [6.07, 6.45) is 3.82. The van der Waals surface area contributed by atoms with Gasteiger partial charge in [0, 0.05) is 5.56 Å². The molecular weight excluding hydrogens is 206 g/mol. The Kier molecular flexibility index (Phi) is 2.88. The van der Waals surface area contributed by atoms with Gasteiger partial charge in [-0.2, -0.15) is 0 Å². The third-order valence-electron chi connectivity index (χ3n) is 2.11. The van der Waals surface area contributed by atoms with E-state index in [4.69, 9.17) is 0 Å². The van der Waals surface area contributed by atoms with Gasteiger partial charge in [-0.1, -0.05) is 30.3 Å². The molecule has 0 bridgehead atoms. The SMILES string of the molecule is O=N/C=C1\C=C(c2ccccc2)N=CN1O. The first-order valence-electron chi connectivity index (χ1n) is 4.63. The number of allylic oxidation sites excluding steroid dienone is 1. The summed E-state index contributed by atoms with van der Waals surface area (Å²) in [4.78, 5) is 14.2. The van der Waals surface area contributed by atoms with Crippen LogP contribution in [0.25, 0.3) is 5.70 Å². The van der Waals surface area contributed by atoms with Gasteiger partial charge in [-0.15, -0.1) is 4.91 Å². The Bertz CT molecular complexity index is 477. The maximum absolute atomic E-state index is 10.1. The highest BCUT2D eigenvalue weighted by Crippen LogP contribution is 2.21. The van der Waals surface area contributed by atoms with Crippen LogP contribution >= 0.6 is 0 Å². The normalized spacial score (nSPS) is 17.4. The minimum atomic E-state index is 0.281. The van der Waals surface area contributed by atoms with Crippen molar-refractivity contribution in [2.24, 2.45) is 10.2 Å². The number of aliphatic imine (C=N–C) groups is 1. The topological polar surface area (TPSA) is 65.3 Å². The summed E-state index contributed by atoms with van der Waals surface area (Å²) in [7, 11) is 0. The molecule has 0 radical (unpaired) electrons. The molecule has 16 heavy (non-hydrogen) atoms. The molecule has 1 N–H and O–H groups in total. The Balaban J connectivity index is 2.37. The number of rotatable bonds is 2. The van der Waals surface area contributed by atoms with Crippen molar-refractivity contribution in [2.75, 3.05) is 0 Å². The van der Waals surface area contributed by atoms with Crippen molar-refractivity contribution in [3.05, 3.63) is 58.8 Å². The van der Waals surface area contributed by atoms with E-state index in [1.165, 1.54) is 6.34 Å². The summed E-state index contributed by atoms with van der Waals surface area (Å²) >= 11 is 0. The average molecular weight is 215 g/mol. The zero-order valence-corrected chi connectivity index (χ0v) is 8.32. The number of hydrogen-bond acceptors (Lipinski definition) is 5. The van der Waals surface area contributed by atoms with Crippen LogP contribution in [0.4, 0.5) is 0 Å². The molecule has 0 aromatic heterocycles. The quantitative estimate of drug-likeness (QED) is 0.770. The minimum absolute atomic E-state index is 0.281. The second kappa shape index (κ2) is 4.50. The monoisotopic (exact) mass is 215 g/mol. The van der Waals surface area contributed by atoms with Gasteiger partial charge in [0.1, 0.15) is 6.34 Å². The lowest BCUT2D eigenvalue weighted by Crippen LogP contribution is -2.18. The number of nitrogens with zero attached hydrogens (tertiary/aromatic N) is 3. The number of hydrogen-bond donors (Lipinski definition) is 1. The van der Waals surface area contributed by atoms with Gasteiger partial charge in [0.2, 0.25) is 0 Å². The van der Waals surface area contributed by atoms with E-state index in [0.717, 1.165) is 16.8 Å². The summed E-state index contributed by atoms with van der Waals surface area (Å²) in [6.45, 7) is 0. The lowest BCUT2D eigenvalue weighted by atomic mass is 10.1. The fraction of sp³-hybridized carbons (Fsp3) is 0. The van der Waals surface area contributed by atoms with Gasteiger partial charge in [0.05, 0.1) is 17.6 Å². The molecule has 0 atom stereocenters. The molecule has 1 aliphatic rings. The van der Waals surface area contributed by atoms with Crippen LogP contribution in [-0.4, -0.2) is 16.6 Å². The van der Waals surface area contributed by atoms with Crippen molar-refractivity contribution >= 4 is 12.0 Å². The van der Waals surface area contributed by atoms with Gasteiger partial charge in [0.15, 0.2) is 0 Å². The van der Waals surface area contributed by atoms with Crippen molar-refractivity contribution in [3.63, 3.8) is 0 Å². The first-order valence-corrected chi connectivity index (χ1v) is 4.63. The fourth-order valence-electron chi connectivity index (χ4n) is 1.34. The van der Waals surface area contributed by atoms with Gasteiger partial charge in [-0.05, 0) is 11.3 Å². The van der Waals surface area contributed by atoms with Crippen LogP contribution in [0.1, 0.15) is 5.56 Å². The molecule has 0 aliphatic carbocycles. The molecule has 1 aliphatic heterocycles. The fourth-order valence-corrected chi connectivity index (χ4v) is 1.34. The Morgan fingerprint density at radius 3 is 2.75 bits per heavy atom. The first-order chi connectivity index (χ1) is 7.81. The average Bonchev–Trinajstić information content (AvgIpc) is 2.33. The van der Waals surface area contributed by atoms with Crippen LogP contribution in [0.2, 0.25) is 0 Å². The van der Waals surface area contributed by atoms with E-state index in [0.29, 0.717) is 5.70 Å². The molecule has 5 nitrogen and oxygen atoms in total. The molecule has 0 saturated heterocycles. The molecule has 1 aromatic rings. The second-order valence-electron chi connectivity index (χ2n) is 3.14. The molecule has 0 amide bonds. The van der Waals surface area contributed by atoms with Crippen molar-refractivity contribution < 1.29 is 5.21 Å². The van der Waals surface area contributed by atoms with Crippen molar-refractivity contribution in [2.45, 2.75) is 0 Å². The number of benzene rings is 1. The molecule has 0 saturated carbocycles. The predicted molar refractivity (Wildman–Crippen MR) is 60.4 cm³/mol. The molecule has 1 heterocycles. The third-order valence-corrected chi connectivity index (χ3v) is 2.11. The zero-order chi connectivity index (χ0) is 11.4. The van der Waals surface area contributed by atoms with Gasteiger partial charge >= 0.3 is 0 Å². The first kappa shape index (κ1) is 10.3. The smallest absolute Gasteiger partial charge is 0.122 e. The second-order valence-corrected chi connectivity index (χ2v) is 3.14. The molecular formula is C11H9N3O2. The van der Waals surface area contributed by atoms with Crippen molar-refractivity contribution in [1.29, 1.82) is 0 Å². The molecule has 80 valence electrons. The van der Waals surface area contributed by atoms with Crippen LogP contribution in [0.5, 0.6) is 0 Å². The Hall–Kier alpha value is -2.27. The lowest BCUT2D eigenvalue weighted by molar-refractivity contribution is 0.0322. The van der Waals surface area contributed by atoms with Gasteiger partial charge < -0.3 is 0 Å². The number of nitroso groups, excluding NO2 is 1. The summed E-state index contributed by atoms with van der Waals surface area (Å²) in [5.74, 6) is 0. The van der Waals surface area contributed by atoms with E-state index in [1.807, 2.05) is 30.3 Å². The third kappa shape index (κ3) is 2.04. The molecule has 5 heteroatoms. The minimum Gasteiger partial charge on any atom is -0.283 e. The van der Waals surface area contributed by atoms with Crippen molar-refractivity contribution in [3.8, 4) is 0 Å². The maximum atomic E-state index is 10.1. The molecule has 2 rings (SSSR count). The van der Waals surface area contributed by atoms with Crippen LogP contribution in [0.15, 0.2) is 58.5 Å². The van der Waals surface area contributed by atoms with E-state index in [2.05, 4.69) is 10.2 Å². The van der Waals surface area contributed by atoms with Crippen LogP contribution in [0.3, 0.4) is 0 Å². The summed E-state index contributed by atoms with van der Waals surface area (Å²) in [5.41, 5.74) is 1.85. The standard InChI is InChI=1S/C11H9N3O2/c15-13-7-10-6-11(12-8-14(10)16)9-4-2-1-3-5-9/h1-8,16H/b10-7+. The van der Waals surface area contributed by atoms with E-state index in [9.17, 15) is 10.1 Å². The summed E-state index contributed by atoms with van der Waals surface area (Å²) in [6, 6.07) is 9.46. The molecule has 1 aromatic carbocycles. The summed E-state index contributed by atoms with van der Waals surface area (Å²) < 4.78 is 0. The molecule has 0 unspecified atom stereocenters. The van der Waals surface area contributed by atoms with E-state index < -0.39 is 0 Å². The highest BCUT2D eigenvalue weighted by molar-refractivity contribution is 5.78. The van der Waals surface area contributed by atoms with Crippen LogP contribution < -0.4 is 0 Å². The highest BCUT2D eigenvalue weighted by atomic mass is 16.5. The summed E-state index contributed by atoms with van der Waals surface area (Å²) in [5, 5.41) is 12.7. The zero-order valence-electron chi connectivity index (χ0n) is 8.32. The van der Waals surface area contributed by atoms with E-state index >= 15 is 0 Å². The van der Waals surface area contributed by atoms with E-state index in [1.54, 1.807) is 6.08 Å². The van der Waals surface area contributed by atoms with Crippen LogP contribution in [-0.2, 0) is 0 Å². The Labute approximate surface area is 92.0 Å². The Morgan fingerprint density at radius 2 is 2.06 bits per heavy atom. The van der Waals surface area contributed by atoms with Gasteiger partial charge in [-0.25, -0.2) is 10.1 Å². The predicted octanol–water partition coefficient (Wildman–Crippen LogP) is 2.37. The Morgan fingerprint density at radius 1 is 1.31 bits per heavy atom. The van der Waals surface area contributed by atoms with E-state index in [-0.39, 0.29) is 5.70 Å². The maximum Gasteiger partial charge on any atom is 0.122 e. The van der Waals surface area contributed by atoms with Crippen molar-refractivity contribution in [1.82, 2.24) is 5.06 Å². The lowest BCUT2D eigenvalue weighted by Gasteiger charge is -2.16. The molecule has 0 fully saturated rings. The van der Waals surface area contributed by atoms with Gasteiger partial charge in [-0.3, -0.25) is 5.21 Å². The highest BCUT2D eigenvalue weighted by Gasteiger charge is 2.10. The molecule has 0 spiro atoms.